The molecule has 0 bridgehead atoms. The van der Waals surface area contributed by atoms with Crippen LogP contribution in [0.3, 0.4) is 0 Å². The molecule has 0 aromatic carbocycles. The second-order valence-corrected chi connectivity index (χ2v) is 10.5. The third kappa shape index (κ3) is 7.64. The maximum atomic E-state index is 12.4. The van der Waals surface area contributed by atoms with Gasteiger partial charge in [0.05, 0.1) is 21.1 Å². The summed E-state index contributed by atoms with van der Waals surface area (Å²) in [7, 11) is -0.166. The van der Waals surface area contributed by atoms with Crippen molar-refractivity contribution in [2.24, 2.45) is 5.92 Å². The number of quaternary nitrogens is 1. The third-order valence-corrected chi connectivity index (χ3v) is 7.65. The molecule has 168 valence electrons. The largest absolute Gasteiger partial charge is 0.476 e. The monoisotopic (exact) mass is 422 g/mol. The van der Waals surface area contributed by atoms with E-state index in [9.17, 15) is 22.9 Å². The van der Waals surface area contributed by atoms with E-state index < -0.39 is 26.9 Å². The number of unbranched alkanes of at least 4 members (excludes halogenated alkanes) is 9. The second kappa shape index (κ2) is 12.8. The summed E-state index contributed by atoms with van der Waals surface area (Å²) in [5, 5.41) is 10.0. The molecule has 2 atom stereocenters. The van der Waals surface area contributed by atoms with Crippen LogP contribution in [0.1, 0.15) is 97.3 Å². The van der Waals surface area contributed by atoms with Crippen LogP contribution < -0.4 is 0 Å². The zero-order chi connectivity index (χ0) is 21.8. The Labute approximate surface area is 173 Å². The number of hydrogen-bond donors (Lipinski definition) is 2. The van der Waals surface area contributed by atoms with Crippen molar-refractivity contribution in [3.63, 3.8) is 0 Å². The summed E-state index contributed by atoms with van der Waals surface area (Å²) >= 11 is 0. The first kappa shape index (κ1) is 27.3. The summed E-state index contributed by atoms with van der Waals surface area (Å²) < 4.78 is 34.6. The van der Waals surface area contributed by atoms with Gasteiger partial charge < -0.3 is 9.59 Å². The Balaban J connectivity index is 5.43. The number of likely N-dealkylation sites (N-methyl/N-ethyl adjacent to an activating group) is 1. The SMILES string of the molecule is CCCCCCCCCC(CCCCCC)C(C(=O)O)([N+](C)(C)C)S(=O)(=O)O. The fourth-order valence-corrected chi connectivity index (χ4v) is 5.95. The molecular weight excluding hydrogens is 378 g/mol. The van der Waals surface area contributed by atoms with Crippen LogP contribution in [0.2, 0.25) is 0 Å². The highest BCUT2D eigenvalue weighted by atomic mass is 32.2. The van der Waals surface area contributed by atoms with Gasteiger partial charge in [-0.15, -0.1) is 0 Å². The predicted octanol–water partition coefficient (Wildman–Crippen LogP) is 5.09. The van der Waals surface area contributed by atoms with Crippen molar-refractivity contribution in [3.05, 3.63) is 0 Å². The Morgan fingerprint density at radius 3 is 1.50 bits per heavy atom. The minimum Gasteiger partial charge on any atom is -0.476 e. The molecule has 0 radical (unpaired) electrons. The van der Waals surface area contributed by atoms with Gasteiger partial charge in [0.15, 0.2) is 0 Å². The number of hydrogen-bond acceptors (Lipinski definition) is 3. The van der Waals surface area contributed by atoms with E-state index in [1.807, 2.05) is 0 Å². The third-order valence-electron chi connectivity index (χ3n) is 5.81. The molecule has 0 amide bonds. The van der Waals surface area contributed by atoms with Crippen LogP contribution in [0.5, 0.6) is 0 Å². The van der Waals surface area contributed by atoms with Crippen molar-refractivity contribution in [1.82, 2.24) is 0 Å². The summed E-state index contributed by atoms with van der Waals surface area (Å²) in [5.74, 6) is -2.07. The van der Waals surface area contributed by atoms with E-state index in [0.29, 0.717) is 12.8 Å². The van der Waals surface area contributed by atoms with Gasteiger partial charge in [-0.25, -0.2) is 4.79 Å². The van der Waals surface area contributed by atoms with Crippen molar-refractivity contribution in [2.45, 2.75) is 102 Å². The van der Waals surface area contributed by atoms with E-state index >= 15 is 0 Å². The number of aliphatic carboxylic acids is 1. The topological polar surface area (TPSA) is 91.7 Å². The zero-order valence-electron chi connectivity index (χ0n) is 18.7. The normalized spacial score (nSPS) is 15.9. The standard InChI is InChI=1S/C21H43NO5S/c1-6-8-10-12-13-14-16-18-19(17-15-11-9-7-2)21(20(23)24,22(3,4)5)28(25,26)27/h19H,6-18H2,1-5H3,(H-,23,24,25,26,27)/p+1. The van der Waals surface area contributed by atoms with E-state index in [0.717, 1.165) is 51.4 Å². The molecule has 0 aromatic heterocycles. The smallest absolute Gasteiger partial charge is 0.385 e. The summed E-state index contributed by atoms with van der Waals surface area (Å²) in [6, 6.07) is 0. The molecule has 0 aliphatic heterocycles. The highest BCUT2D eigenvalue weighted by Crippen LogP contribution is 2.40. The van der Waals surface area contributed by atoms with Crippen LogP contribution >= 0.6 is 0 Å². The van der Waals surface area contributed by atoms with Gasteiger partial charge in [0.1, 0.15) is 0 Å². The molecule has 0 fully saturated rings. The number of rotatable bonds is 17. The fourth-order valence-electron chi connectivity index (χ4n) is 4.38. The lowest BCUT2D eigenvalue weighted by atomic mass is 9.85. The maximum absolute atomic E-state index is 12.4. The van der Waals surface area contributed by atoms with E-state index in [-0.39, 0.29) is 4.48 Å². The highest BCUT2D eigenvalue weighted by Gasteiger charge is 2.66. The Hall–Kier alpha value is -0.660. The van der Waals surface area contributed by atoms with Crippen molar-refractivity contribution in [1.29, 1.82) is 0 Å². The van der Waals surface area contributed by atoms with Gasteiger partial charge in [0.25, 0.3) is 0 Å². The van der Waals surface area contributed by atoms with E-state index in [1.54, 1.807) is 21.1 Å². The molecule has 28 heavy (non-hydrogen) atoms. The van der Waals surface area contributed by atoms with E-state index in [1.165, 1.54) is 19.3 Å². The Kier molecular flexibility index (Phi) is 12.5. The molecule has 6 nitrogen and oxygen atoms in total. The molecule has 2 N–H and O–H groups in total. The average Bonchev–Trinajstić information content (AvgIpc) is 2.54. The molecule has 0 saturated carbocycles. The Morgan fingerprint density at radius 2 is 1.18 bits per heavy atom. The van der Waals surface area contributed by atoms with Gasteiger partial charge in [-0.1, -0.05) is 84.5 Å². The molecule has 0 aliphatic carbocycles. The summed E-state index contributed by atoms with van der Waals surface area (Å²) in [4.78, 5) is 10.1. The van der Waals surface area contributed by atoms with Gasteiger partial charge >= 0.3 is 21.0 Å². The molecule has 0 aliphatic rings. The minimum atomic E-state index is -4.81. The molecule has 0 aromatic rings. The number of carboxylic acid groups (broad SMARTS) is 1. The zero-order valence-corrected chi connectivity index (χ0v) is 19.6. The summed E-state index contributed by atoms with van der Waals surface area (Å²) in [6.45, 7) is 4.27. The maximum Gasteiger partial charge on any atom is 0.385 e. The number of carboxylic acids is 1. The van der Waals surface area contributed by atoms with Gasteiger partial charge in [-0.2, -0.15) is 8.42 Å². The Morgan fingerprint density at radius 1 is 0.821 bits per heavy atom. The van der Waals surface area contributed by atoms with Gasteiger partial charge in [-0.3, -0.25) is 4.55 Å². The van der Waals surface area contributed by atoms with Crippen LogP contribution in [0.4, 0.5) is 0 Å². The lowest BCUT2D eigenvalue weighted by Crippen LogP contribution is -2.70. The highest BCUT2D eigenvalue weighted by molar-refractivity contribution is 7.87. The van der Waals surface area contributed by atoms with E-state index in [2.05, 4.69) is 13.8 Å². The second-order valence-electron chi connectivity index (χ2n) is 8.95. The predicted molar refractivity (Wildman–Crippen MR) is 115 cm³/mol. The molecule has 7 heteroatoms. The first-order valence-electron chi connectivity index (χ1n) is 11.0. The molecule has 0 spiro atoms. The van der Waals surface area contributed by atoms with Crippen molar-refractivity contribution in [3.8, 4) is 0 Å². The van der Waals surface area contributed by atoms with Gasteiger partial charge in [-0.05, 0) is 12.8 Å². The molecule has 2 unspecified atom stereocenters. The van der Waals surface area contributed by atoms with Crippen molar-refractivity contribution < 1.29 is 27.4 Å². The fraction of sp³-hybridized carbons (Fsp3) is 0.952. The van der Waals surface area contributed by atoms with Crippen LogP contribution in [0.15, 0.2) is 0 Å². The van der Waals surface area contributed by atoms with Crippen LogP contribution in [0, 0.1) is 5.92 Å². The summed E-state index contributed by atoms with van der Waals surface area (Å²) in [6.07, 6.45) is 12.4. The Bertz CT molecular complexity index is 541. The number of carbonyl (C=O) groups is 1. The van der Waals surface area contributed by atoms with Crippen LogP contribution in [-0.2, 0) is 14.9 Å². The first-order chi connectivity index (χ1) is 13.0. The number of nitrogens with zero attached hydrogens (tertiary/aromatic N) is 1. The summed E-state index contributed by atoms with van der Waals surface area (Å²) in [5.41, 5.74) is 0. The molecule has 0 saturated heterocycles. The molecule has 0 heterocycles. The molecule has 0 rings (SSSR count). The quantitative estimate of drug-likeness (QED) is 0.193. The average molecular weight is 423 g/mol. The van der Waals surface area contributed by atoms with Crippen LogP contribution in [-0.4, -0.2) is 54.5 Å². The lowest BCUT2D eigenvalue weighted by molar-refractivity contribution is -0.903. The van der Waals surface area contributed by atoms with Crippen LogP contribution in [0.25, 0.3) is 0 Å². The van der Waals surface area contributed by atoms with Crippen molar-refractivity contribution >= 4 is 16.1 Å². The van der Waals surface area contributed by atoms with E-state index in [4.69, 9.17) is 0 Å². The first-order valence-corrected chi connectivity index (χ1v) is 12.4. The van der Waals surface area contributed by atoms with Crippen molar-refractivity contribution in [2.75, 3.05) is 21.1 Å². The molecular formula is C21H44NO5S+. The lowest BCUT2D eigenvalue weighted by Gasteiger charge is -2.44. The van der Waals surface area contributed by atoms with Gasteiger partial charge in [0.2, 0.25) is 0 Å². The minimum absolute atomic E-state index is 0.351. The van der Waals surface area contributed by atoms with Gasteiger partial charge in [0, 0.05) is 5.92 Å².